The number of methoxy groups -OCH3 is 1. The first-order valence-electron chi connectivity index (χ1n) is 5.80. The van der Waals surface area contributed by atoms with Crippen LogP contribution in [0.2, 0.25) is 5.02 Å². The van der Waals surface area contributed by atoms with E-state index >= 15 is 0 Å². The van der Waals surface area contributed by atoms with E-state index in [0.717, 1.165) is 10.4 Å². The van der Waals surface area contributed by atoms with Crippen molar-refractivity contribution < 1.29 is 19.4 Å². The number of hydrogen-bond acceptors (Lipinski definition) is 4. The van der Waals surface area contributed by atoms with Crippen molar-refractivity contribution in [2.24, 2.45) is 0 Å². The van der Waals surface area contributed by atoms with Crippen molar-refractivity contribution in [1.82, 2.24) is 0 Å². The number of benzene rings is 1. The third-order valence-corrected chi connectivity index (χ3v) is 3.90. The maximum absolute atomic E-state index is 11.1. The quantitative estimate of drug-likeness (QED) is 0.906. The lowest BCUT2D eigenvalue weighted by Gasteiger charge is -2.10. The number of carbonyl (C=O) groups is 1. The zero-order chi connectivity index (χ0) is 14.7. The number of hydrogen-bond donors (Lipinski definition) is 1. The highest BCUT2D eigenvalue weighted by atomic mass is 35.5. The zero-order valence-electron chi connectivity index (χ0n) is 11.0. The molecule has 0 unspecified atom stereocenters. The van der Waals surface area contributed by atoms with Crippen molar-refractivity contribution in [2.45, 2.75) is 13.5 Å². The zero-order valence-corrected chi connectivity index (χ0v) is 12.5. The van der Waals surface area contributed by atoms with Crippen LogP contribution < -0.4 is 9.47 Å². The molecule has 0 fully saturated rings. The van der Waals surface area contributed by atoms with E-state index < -0.39 is 5.97 Å². The molecule has 0 spiro atoms. The van der Waals surface area contributed by atoms with Gasteiger partial charge in [-0.1, -0.05) is 11.6 Å². The molecule has 4 nitrogen and oxygen atoms in total. The second kappa shape index (κ2) is 6.15. The summed E-state index contributed by atoms with van der Waals surface area (Å²) >= 11 is 7.13. The first-order chi connectivity index (χ1) is 9.51. The molecule has 1 aromatic carbocycles. The lowest BCUT2D eigenvalue weighted by atomic mass is 10.2. The SMILES string of the molecule is COc1ccc(Cl)cc1COc1cc(C)sc1C(=O)O. The van der Waals surface area contributed by atoms with Gasteiger partial charge in [-0.25, -0.2) is 4.79 Å². The van der Waals surface area contributed by atoms with Crippen LogP contribution in [0, 0.1) is 6.92 Å². The van der Waals surface area contributed by atoms with Crippen LogP contribution in [-0.4, -0.2) is 18.2 Å². The molecule has 1 aromatic heterocycles. The van der Waals surface area contributed by atoms with E-state index in [4.69, 9.17) is 26.2 Å². The van der Waals surface area contributed by atoms with Gasteiger partial charge in [-0.2, -0.15) is 0 Å². The standard InChI is InChI=1S/C14H13ClO4S/c1-8-5-12(13(20-8)14(16)17)19-7-9-6-10(15)3-4-11(9)18-2/h3-6H,7H2,1-2H3,(H,16,17). The lowest BCUT2D eigenvalue weighted by molar-refractivity contribution is 0.0697. The van der Waals surface area contributed by atoms with Gasteiger partial charge in [0.2, 0.25) is 0 Å². The summed E-state index contributed by atoms with van der Waals surface area (Å²) in [5.74, 6) is 0.0245. The van der Waals surface area contributed by atoms with Gasteiger partial charge in [0, 0.05) is 15.5 Å². The Morgan fingerprint density at radius 1 is 1.35 bits per heavy atom. The number of rotatable bonds is 5. The molecule has 0 aliphatic rings. The minimum absolute atomic E-state index is 0.195. The molecule has 1 N–H and O–H groups in total. The molecule has 1 heterocycles. The summed E-state index contributed by atoms with van der Waals surface area (Å²) in [6.45, 7) is 2.03. The molecule has 0 radical (unpaired) electrons. The van der Waals surface area contributed by atoms with Crippen LogP contribution in [0.15, 0.2) is 24.3 Å². The van der Waals surface area contributed by atoms with Crippen LogP contribution >= 0.6 is 22.9 Å². The molecule has 20 heavy (non-hydrogen) atoms. The van der Waals surface area contributed by atoms with Crippen LogP contribution in [0.5, 0.6) is 11.5 Å². The van der Waals surface area contributed by atoms with Gasteiger partial charge < -0.3 is 14.6 Å². The minimum Gasteiger partial charge on any atom is -0.496 e. The Morgan fingerprint density at radius 3 is 2.75 bits per heavy atom. The molecule has 2 rings (SSSR count). The van der Waals surface area contributed by atoms with Crippen LogP contribution in [0.4, 0.5) is 0 Å². The molecular weight excluding hydrogens is 300 g/mol. The van der Waals surface area contributed by atoms with Gasteiger partial charge in [0.15, 0.2) is 4.88 Å². The molecule has 0 aliphatic carbocycles. The number of carboxylic acid groups (broad SMARTS) is 1. The Bertz CT molecular complexity index is 636. The lowest BCUT2D eigenvalue weighted by Crippen LogP contribution is -2.01. The van der Waals surface area contributed by atoms with Gasteiger partial charge in [-0.05, 0) is 31.2 Å². The molecule has 2 aromatic rings. The monoisotopic (exact) mass is 312 g/mol. The van der Waals surface area contributed by atoms with Crippen molar-refractivity contribution in [1.29, 1.82) is 0 Å². The van der Waals surface area contributed by atoms with Crippen molar-refractivity contribution in [3.05, 3.63) is 44.6 Å². The topological polar surface area (TPSA) is 55.8 Å². The first kappa shape index (κ1) is 14.7. The highest BCUT2D eigenvalue weighted by Gasteiger charge is 2.16. The number of thiophene rings is 1. The van der Waals surface area contributed by atoms with E-state index in [-0.39, 0.29) is 11.5 Å². The average Bonchev–Trinajstić information content (AvgIpc) is 2.78. The fourth-order valence-corrected chi connectivity index (χ4v) is 2.75. The summed E-state index contributed by atoms with van der Waals surface area (Å²) in [5.41, 5.74) is 0.764. The summed E-state index contributed by atoms with van der Waals surface area (Å²) in [5, 5.41) is 9.68. The third-order valence-electron chi connectivity index (χ3n) is 2.64. The van der Waals surface area contributed by atoms with Crippen molar-refractivity contribution in [3.8, 4) is 11.5 Å². The summed E-state index contributed by atoms with van der Waals surface area (Å²) < 4.78 is 10.8. The number of halogens is 1. The van der Waals surface area contributed by atoms with Gasteiger partial charge >= 0.3 is 5.97 Å². The number of aromatic carboxylic acids is 1. The fourth-order valence-electron chi connectivity index (χ4n) is 1.76. The Balaban J connectivity index is 2.20. The van der Waals surface area contributed by atoms with Crippen LogP contribution in [0.3, 0.4) is 0 Å². The molecule has 0 aliphatic heterocycles. The molecule has 0 saturated heterocycles. The summed E-state index contributed by atoms with van der Waals surface area (Å²) in [6.07, 6.45) is 0. The highest BCUT2D eigenvalue weighted by molar-refractivity contribution is 7.14. The Hall–Kier alpha value is -1.72. The largest absolute Gasteiger partial charge is 0.496 e. The van der Waals surface area contributed by atoms with Gasteiger partial charge in [0.05, 0.1) is 7.11 Å². The average molecular weight is 313 g/mol. The molecule has 6 heteroatoms. The van der Waals surface area contributed by atoms with E-state index in [2.05, 4.69) is 0 Å². The molecule has 0 bridgehead atoms. The van der Waals surface area contributed by atoms with Gasteiger partial charge in [-0.15, -0.1) is 11.3 Å². The Labute approximate surface area is 125 Å². The number of aryl methyl sites for hydroxylation is 1. The summed E-state index contributed by atoms with van der Waals surface area (Å²) in [4.78, 5) is 12.2. The van der Waals surface area contributed by atoms with E-state index in [9.17, 15) is 4.79 Å². The molecule has 0 atom stereocenters. The molecular formula is C14H13ClO4S. The van der Waals surface area contributed by atoms with Gasteiger partial charge in [-0.3, -0.25) is 0 Å². The third kappa shape index (κ3) is 3.23. The highest BCUT2D eigenvalue weighted by Crippen LogP contribution is 2.31. The predicted molar refractivity (Wildman–Crippen MR) is 78.4 cm³/mol. The van der Waals surface area contributed by atoms with Gasteiger partial charge in [0.25, 0.3) is 0 Å². The van der Waals surface area contributed by atoms with Crippen molar-refractivity contribution in [3.63, 3.8) is 0 Å². The maximum Gasteiger partial charge on any atom is 0.349 e. The summed E-state index contributed by atoms with van der Waals surface area (Å²) in [6, 6.07) is 6.92. The smallest absolute Gasteiger partial charge is 0.349 e. The van der Waals surface area contributed by atoms with Crippen LogP contribution in [-0.2, 0) is 6.61 Å². The number of ether oxygens (including phenoxy) is 2. The van der Waals surface area contributed by atoms with Crippen LogP contribution in [0.25, 0.3) is 0 Å². The minimum atomic E-state index is -0.990. The Kier molecular flexibility index (Phi) is 4.52. The van der Waals surface area contributed by atoms with E-state index in [1.165, 1.54) is 11.3 Å². The predicted octanol–water partition coefficient (Wildman–Crippen LogP) is 4.00. The second-order valence-electron chi connectivity index (χ2n) is 4.10. The van der Waals surface area contributed by atoms with E-state index in [1.54, 1.807) is 31.4 Å². The van der Waals surface area contributed by atoms with E-state index in [0.29, 0.717) is 16.5 Å². The fraction of sp³-hybridized carbons (Fsp3) is 0.214. The molecule has 106 valence electrons. The summed E-state index contributed by atoms with van der Waals surface area (Å²) in [7, 11) is 1.56. The first-order valence-corrected chi connectivity index (χ1v) is 6.99. The Morgan fingerprint density at radius 2 is 2.10 bits per heavy atom. The molecule has 0 saturated carbocycles. The van der Waals surface area contributed by atoms with Crippen molar-refractivity contribution in [2.75, 3.05) is 7.11 Å². The maximum atomic E-state index is 11.1. The van der Waals surface area contributed by atoms with Crippen molar-refractivity contribution >= 4 is 28.9 Å². The molecule has 0 amide bonds. The normalized spacial score (nSPS) is 10.3. The van der Waals surface area contributed by atoms with Gasteiger partial charge in [0.1, 0.15) is 18.1 Å². The van der Waals surface area contributed by atoms with Crippen LogP contribution in [0.1, 0.15) is 20.1 Å². The second-order valence-corrected chi connectivity index (χ2v) is 5.79. The van der Waals surface area contributed by atoms with E-state index in [1.807, 2.05) is 6.92 Å². The number of carboxylic acids is 1.